The Hall–Kier alpha value is -1.84. The molecule has 0 saturated carbocycles. The maximum Gasteiger partial charge on any atom is 0.356 e. The number of benzene rings is 1. The van der Waals surface area contributed by atoms with Gasteiger partial charge in [0.2, 0.25) is 0 Å². The number of nitrogens with zero attached hydrogens (tertiary/aromatic N) is 1. The van der Waals surface area contributed by atoms with Crippen LogP contribution in [-0.2, 0) is 16.0 Å². The van der Waals surface area contributed by atoms with Crippen LogP contribution < -0.4 is 0 Å². The number of hydrogen-bond acceptors (Lipinski definition) is 4. The summed E-state index contributed by atoms with van der Waals surface area (Å²) in [5.74, 6) is -0.580. The Balaban J connectivity index is 2.67. The summed E-state index contributed by atoms with van der Waals surface area (Å²) in [6.07, 6.45) is 0.274. The Morgan fingerprint density at radius 3 is 2.60 bits per heavy atom. The number of carbonyl (C=O) groups excluding carboxylic acids is 1. The third-order valence-corrected chi connectivity index (χ3v) is 1.85. The van der Waals surface area contributed by atoms with Crippen LogP contribution in [0.5, 0.6) is 0 Å². The van der Waals surface area contributed by atoms with Crippen LogP contribution in [0.1, 0.15) is 12.5 Å². The van der Waals surface area contributed by atoms with Crippen LogP contribution in [0.4, 0.5) is 0 Å². The lowest BCUT2D eigenvalue weighted by Gasteiger charge is -2.03. The molecule has 1 N–H and O–H groups in total. The van der Waals surface area contributed by atoms with Crippen molar-refractivity contribution in [1.29, 1.82) is 0 Å². The average Bonchev–Trinajstić information content (AvgIpc) is 2.27. The lowest BCUT2D eigenvalue weighted by atomic mass is 10.1. The van der Waals surface area contributed by atoms with E-state index in [1.807, 2.05) is 30.3 Å². The van der Waals surface area contributed by atoms with E-state index in [0.29, 0.717) is 0 Å². The molecule has 0 heterocycles. The second-order valence-corrected chi connectivity index (χ2v) is 2.93. The molecule has 4 heteroatoms. The van der Waals surface area contributed by atoms with Gasteiger partial charge in [0.15, 0.2) is 5.71 Å². The predicted octanol–water partition coefficient (Wildman–Crippen LogP) is 1.62. The van der Waals surface area contributed by atoms with Gasteiger partial charge in [0.05, 0.1) is 6.61 Å². The summed E-state index contributed by atoms with van der Waals surface area (Å²) in [7, 11) is 0. The first-order valence-electron chi connectivity index (χ1n) is 4.70. The van der Waals surface area contributed by atoms with Crippen LogP contribution in [0.3, 0.4) is 0 Å². The van der Waals surface area contributed by atoms with Crippen LogP contribution in [-0.4, -0.2) is 23.5 Å². The van der Waals surface area contributed by atoms with Gasteiger partial charge < -0.3 is 9.94 Å². The van der Waals surface area contributed by atoms with Gasteiger partial charge in [0, 0.05) is 6.42 Å². The van der Waals surface area contributed by atoms with E-state index in [9.17, 15) is 4.79 Å². The molecule has 0 aliphatic heterocycles. The SMILES string of the molecule is CCOC(=O)C(Cc1ccccc1)=NO. The number of esters is 1. The molecule has 15 heavy (non-hydrogen) atoms. The summed E-state index contributed by atoms with van der Waals surface area (Å²) in [6, 6.07) is 9.30. The highest BCUT2D eigenvalue weighted by Crippen LogP contribution is 2.02. The van der Waals surface area contributed by atoms with Crippen molar-refractivity contribution >= 4 is 11.7 Å². The molecule has 1 aromatic carbocycles. The molecule has 0 unspecified atom stereocenters. The Morgan fingerprint density at radius 2 is 2.07 bits per heavy atom. The smallest absolute Gasteiger partial charge is 0.356 e. The van der Waals surface area contributed by atoms with Gasteiger partial charge in [-0.25, -0.2) is 4.79 Å². The van der Waals surface area contributed by atoms with Crippen molar-refractivity contribution < 1.29 is 14.7 Å². The fourth-order valence-electron chi connectivity index (χ4n) is 1.15. The predicted molar refractivity (Wildman–Crippen MR) is 56.0 cm³/mol. The molecule has 0 aliphatic carbocycles. The van der Waals surface area contributed by atoms with E-state index in [1.165, 1.54) is 0 Å². The Kier molecular flexibility index (Phi) is 4.34. The molecular weight excluding hydrogens is 194 g/mol. The van der Waals surface area contributed by atoms with Gasteiger partial charge in [-0.3, -0.25) is 0 Å². The Labute approximate surface area is 88.2 Å². The van der Waals surface area contributed by atoms with E-state index in [4.69, 9.17) is 9.94 Å². The van der Waals surface area contributed by atoms with Gasteiger partial charge in [-0.1, -0.05) is 35.5 Å². The zero-order valence-electron chi connectivity index (χ0n) is 8.51. The zero-order chi connectivity index (χ0) is 11.1. The van der Waals surface area contributed by atoms with Gasteiger partial charge in [-0.2, -0.15) is 0 Å². The third-order valence-electron chi connectivity index (χ3n) is 1.85. The van der Waals surface area contributed by atoms with Crippen molar-refractivity contribution in [3.8, 4) is 0 Å². The minimum atomic E-state index is -0.580. The molecule has 0 saturated heterocycles. The molecule has 0 atom stereocenters. The largest absolute Gasteiger partial charge is 0.461 e. The Bertz CT molecular complexity index is 346. The molecule has 0 bridgehead atoms. The normalized spacial score (nSPS) is 11.1. The van der Waals surface area contributed by atoms with Crippen molar-refractivity contribution in [2.24, 2.45) is 5.16 Å². The van der Waals surface area contributed by atoms with E-state index >= 15 is 0 Å². The minimum Gasteiger partial charge on any atom is -0.461 e. The van der Waals surface area contributed by atoms with Crippen LogP contribution in [0.25, 0.3) is 0 Å². The molecule has 0 amide bonds. The Morgan fingerprint density at radius 1 is 1.40 bits per heavy atom. The molecule has 80 valence electrons. The first kappa shape index (κ1) is 11.2. The fourth-order valence-corrected chi connectivity index (χ4v) is 1.15. The molecule has 0 aliphatic rings. The highest BCUT2D eigenvalue weighted by Gasteiger charge is 2.13. The van der Waals surface area contributed by atoms with Gasteiger partial charge >= 0.3 is 5.97 Å². The van der Waals surface area contributed by atoms with E-state index in [1.54, 1.807) is 6.92 Å². The molecule has 1 aromatic rings. The van der Waals surface area contributed by atoms with Crippen LogP contribution >= 0.6 is 0 Å². The molecular formula is C11H13NO3. The standard InChI is InChI=1S/C11H13NO3/c1-2-15-11(13)10(12-14)8-9-6-4-3-5-7-9/h3-7,14H,2,8H2,1H3. The average molecular weight is 207 g/mol. The van der Waals surface area contributed by atoms with E-state index in [-0.39, 0.29) is 18.7 Å². The number of ether oxygens (including phenoxy) is 1. The molecule has 0 spiro atoms. The molecule has 0 aromatic heterocycles. The van der Waals surface area contributed by atoms with Crippen LogP contribution in [0.2, 0.25) is 0 Å². The summed E-state index contributed by atoms with van der Waals surface area (Å²) in [5, 5.41) is 11.6. The number of carbonyl (C=O) groups is 1. The van der Waals surface area contributed by atoms with Gasteiger partial charge in [0.1, 0.15) is 0 Å². The highest BCUT2D eigenvalue weighted by atomic mass is 16.5. The second-order valence-electron chi connectivity index (χ2n) is 2.93. The maximum atomic E-state index is 11.3. The maximum absolute atomic E-state index is 11.3. The van der Waals surface area contributed by atoms with Crippen LogP contribution in [0.15, 0.2) is 35.5 Å². The minimum absolute atomic E-state index is 0.0167. The van der Waals surface area contributed by atoms with Crippen molar-refractivity contribution in [3.63, 3.8) is 0 Å². The number of hydrogen-bond donors (Lipinski definition) is 1. The monoisotopic (exact) mass is 207 g/mol. The number of rotatable bonds is 4. The summed E-state index contributed by atoms with van der Waals surface area (Å²) in [4.78, 5) is 11.3. The van der Waals surface area contributed by atoms with E-state index in [0.717, 1.165) is 5.56 Å². The summed E-state index contributed by atoms with van der Waals surface area (Å²) >= 11 is 0. The lowest BCUT2D eigenvalue weighted by Crippen LogP contribution is -2.19. The quantitative estimate of drug-likeness (QED) is 0.353. The van der Waals surface area contributed by atoms with E-state index < -0.39 is 5.97 Å². The second kappa shape index (κ2) is 5.80. The first-order chi connectivity index (χ1) is 7.27. The first-order valence-corrected chi connectivity index (χ1v) is 4.70. The summed E-state index contributed by atoms with van der Waals surface area (Å²) in [6.45, 7) is 1.97. The molecule has 4 nitrogen and oxygen atoms in total. The molecule has 1 rings (SSSR count). The van der Waals surface area contributed by atoms with Gasteiger partial charge in [0.25, 0.3) is 0 Å². The lowest BCUT2D eigenvalue weighted by molar-refractivity contribution is -0.135. The van der Waals surface area contributed by atoms with Crippen LogP contribution in [0, 0.1) is 0 Å². The van der Waals surface area contributed by atoms with E-state index in [2.05, 4.69) is 5.16 Å². The van der Waals surface area contributed by atoms with Crippen molar-refractivity contribution in [3.05, 3.63) is 35.9 Å². The van der Waals surface area contributed by atoms with Crippen molar-refractivity contribution in [1.82, 2.24) is 0 Å². The zero-order valence-corrected chi connectivity index (χ0v) is 8.51. The molecule has 0 fully saturated rings. The summed E-state index contributed by atoms with van der Waals surface area (Å²) < 4.78 is 4.74. The topological polar surface area (TPSA) is 58.9 Å². The van der Waals surface area contributed by atoms with Gasteiger partial charge in [-0.15, -0.1) is 0 Å². The van der Waals surface area contributed by atoms with Crippen molar-refractivity contribution in [2.45, 2.75) is 13.3 Å². The third kappa shape index (κ3) is 3.42. The number of oxime groups is 1. The fraction of sp³-hybridized carbons (Fsp3) is 0.273. The highest BCUT2D eigenvalue weighted by molar-refractivity contribution is 6.36. The summed E-state index contributed by atoms with van der Waals surface area (Å²) in [5.41, 5.74) is 0.918. The molecule has 0 radical (unpaired) electrons. The van der Waals surface area contributed by atoms with Gasteiger partial charge in [-0.05, 0) is 12.5 Å². The van der Waals surface area contributed by atoms with Crippen molar-refractivity contribution in [2.75, 3.05) is 6.61 Å².